The van der Waals surface area contributed by atoms with Gasteiger partial charge in [-0.3, -0.25) is 4.79 Å². The van der Waals surface area contributed by atoms with Crippen molar-refractivity contribution in [2.24, 2.45) is 5.92 Å². The molecule has 1 unspecified atom stereocenters. The Labute approximate surface area is 101 Å². The smallest absolute Gasteiger partial charge is 0.332 e. The zero-order valence-corrected chi connectivity index (χ0v) is 10.3. The van der Waals surface area contributed by atoms with E-state index in [0.29, 0.717) is 18.8 Å². The van der Waals surface area contributed by atoms with Gasteiger partial charge in [0.05, 0.1) is 0 Å². The number of carboxylic acids is 1. The molecular formula is C12H19NO4. The van der Waals surface area contributed by atoms with Crippen molar-refractivity contribution in [1.29, 1.82) is 0 Å². The lowest BCUT2D eigenvalue weighted by Gasteiger charge is -2.27. The van der Waals surface area contributed by atoms with Crippen LogP contribution in [0.15, 0.2) is 0 Å². The number of amides is 1. The Balaban J connectivity index is 1.89. The minimum absolute atomic E-state index is 0.0758. The van der Waals surface area contributed by atoms with E-state index in [1.807, 2.05) is 6.92 Å². The third kappa shape index (κ3) is 2.60. The molecule has 1 amide bonds. The first-order valence-electron chi connectivity index (χ1n) is 6.15. The summed E-state index contributed by atoms with van der Waals surface area (Å²) in [6.45, 7) is 2.04. The third-order valence-corrected chi connectivity index (χ3v) is 3.83. The van der Waals surface area contributed by atoms with E-state index < -0.39 is 18.2 Å². The van der Waals surface area contributed by atoms with Crippen molar-refractivity contribution in [3.63, 3.8) is 0 Å². The van der Waals surface area contributed by atoms with Crippen LogP contribution < -0.4 is 0 Å². The van der Waals surface area contributed by atoms with E-state index in [2.05, 4.69) is 0 Å². The van der Waals surface area contributed by atoms with Crippen molar-refractivity contribution < 1.29 is 19.4 Å². The largest absolute Gasteiger partial charge is 0.479 e. The molecule has 2 fully saturated rings. The van der Waals surface area contributed by atoms with Gasteiger partial charge in [0.2, 0.25) is 0 Å². The molecule has 0 radical (unpaired) electrons. The minimum Gasteiger partial charge on any atom is -0.479 e. The highest BCUT2D eigenvalue weighted by atomic mass is 16.5. The fourth-order valence-corrected chi connectivity index (χ4v) is 2.32. The second kappa shape index (κ2) is 4.64. The Morgan fingerprint density at radius 1 is 1.24 bits per heavy atom. The van der Waals surface area contributed by atoms with Crippen molar-refractivity contribution in [2.75, 3.05) is 7.05 Å². The van der Waals surface area contributed by atoms with Crippen LogP contribution in [0, 0.1) is 5.92 Å². The fourth-order valence-electron chi connectivity index (χ4n) is 2.32. The van der Waals surface area contributed by atoms with Gasteiger partial charge in [-0.1, -0.05) is 0 Å². The van der Waals surface area contributed by atoms with E-state index in [9.17, 15) is 9.59 Å². The van der Waals surface area contributed by atoms with Gasteiger partial charge in [0.15, 0.2) is 6.10 Å². The summed E-state index contributed by atoms with van der Waals surface area (Å²) in [6.07, 6.45) is 1.93. The summed E-state index contributed by atoms with van der Waals surface area (Å²) in [5, 5.41) is 8.81. The number of carboxylic acid groups (broad SMARTS) is 1. The molecule has 1 aliphatic carbocycles. The molecule has 2 rings (SSSR count). The highest BCUT2D eigenvalue weighted by Gasteiger charge is 2.39. The zero-order chi connectivity index (χ0) is 12.6. The molecule has 0 spiro atoms. The summed E-state index contributed by atoms with van der Waals surface area (Å²) in [5.74, 6) is -0.438. The number of ether oxygens (including phenoxy) is 1. The van der Waals surface area contributed by atoms with Crippen molar-refractivity contribution in [1.82, 2.24) is 4.90 Å². The molecule has 96 valence electrons. The first-order chi connectivity index (χ1) is 8.00. The second-order valence-electron chi connectivity index (χ2n) is 5.06. The van der Waals surface area contributed by atoms with Crippen molar-refractivity contribution in [3.8, 4) is 0 Å². The summed E-state index contributed by atoms with van der Waals surface area (Å²) in [6, 6.07) is 0.231. The molecule has 17 heavy (non-hydrogen) atoms. The lowest BCUT2D eigenvalue weighted by atomic mass is 10.1. The Hall–Kier alpha value is -1.10. The second-order valence-corrected chi connectivity index (χ2v) is 5.06. The summed E-state index contributed by atoms with van der Waals surface area (Å²) in [4.78, 5) is 24.6. The predicted molar refractivity (Wildman–Crippen MR) is 60.5 cm³/mol. The number of hydrogen-bond donors (Lipinski definition) is 1. The number of nitrogens with zero attached hydrogens (tertiary/aromatic N) is 1. The quantitative estimate of drug-likeness (QED) is 0.793. The van der Waals surface area contributed by atoms with Crippen molar-refractivity contribution in [3.05, 3.63) is 0 Å². The number of hydrogen-bond acceptors (Lipinski definition) is 3. The Kier molecular flexibility index (Phi) is 3.38. The number of carbonyl (C=O) groups excluding carboxylic acids is 1. The number of aliphatic carboxylic acids is 1. The van der Waals surface area contributed by atoms with Crippen LogP contribution in [0.5, 0.6) is 0 Å². The van der Waals surface area contributed by atoms with Crippen LogP contribution >= 0.6 is 0 Å². The molecule has 0 aromatic carbocycles. The molecular weight excluding hydrogens is 222 g/mol. The average molecular weight is 241 g/mol. The number of carbonyl (C=O) groups is 2. The van der Waals surface area contributed by atoms with E-state index in [0.717, 1.165) is 0 Å². The Morgan fingerprint density at radius 2 is 1.82 bits per heavy atom. The monoisotopic (exact) mass is 241 g/mol. The van der Waals surface area contributed by atoms with Gasteiger partial charge in [0.25, 0.3) is 5.91 Å². The summed E-state index contributed by atoms with van der Waals surface area (Å²) in [5.41, 5.74) is 0. The summed E-state index contributed by atoms with van der Waals surface area (Å²) in [7, 11) is 1.78. The molecule has 3 atom stereocenters. The maximum atomic E-state index is 12.1. The molecule has 1 aliphatic heterocycles. The van der Waals surface area contributed by atoms with E-state index in [1.54, 1.807) is 11.9 Å². The SMILES string of the molecule is CC(C1CC1)N(C)C(=O)[C@@H]1CC[C@H](C(=O)O)O1. The normalized spacial score (nSPS) is 30.0. The van der Waals surface area contributed by atoms with Crippen LogP contribution in [0.4, 0.5) is 0 Å². The zero-order valence-electron chi connectivity index (χ0n) is 10.3. The first-order valence-corrected chi connectivity index (χ1v) is 6.15. The Bertz CT molecular complexity index is 326. The van der Waals surface area contributed by atoms with Crippen LogP contribution in [0.3, 0.4) is 0 Å². The molecule has 1 saturated heterocycles. The van der Waals surface area contributed by atoms with E-state index in [4.69, 9.17) is 9.84 Å². The number of rotatable bonds is 4. The van der Waals surface area contributed by atoms with Crippen LogP contribution in [0.25, 0.3) is 0 Å². The minimum atomic E-state index is -0.974. The third-order valence-electron chi connectivity index (χ3n) is 3.83. The van der Waals surface area contributed by atoms with Crippen LogP contribution in [-0.2, 0) is 14.3 Å². The van der Waals surface area contributed by atoms with Gasteiger partial charge in [-0.15, -0.1) is 0 Å². The molecule has 1 N–H and O–H groups in total. The first kappa shape index (κ1) is 12.4. The van der Waals surface area contributed by atoms with Crippen LogP contribution in [0.2, 0.25) is 0 Å². The molecule has 5 nitrogen and oxygen atoms in total. The van der Waals surface area contributed by atoms with E-state index in [-0.39, 0.29) is 11.9 Å². The molecule has 5 heteroatoms. The fraction of sp³-hybridized carbons (Fsp3) is 0.833. The molecule has 2 aliphatic rings. The van der Waals surface area contributed by atoms with Gasteiger partial charge in [0.1, 0.15) is 6.10 Å². The topological polar surface area (TPSA) is 66.8 Å². The van der Waals surface area contributed by atoms with Gasteiger partial charge >= 0.3 is 5.97 Å². The van der Waals surface area contributed by atoms with Crippen LogP contribution in [-0.4, -0.2) is 47.2 Å². The van der Waals surface area contributed by atoms with Gasteiger partial charge < -0.3 is 14.7 Å². The molecule has 0 bridgehead atoms. The highest BCUT2D eigenvalue weighted by molar-refractivity contribution is 5.82. The van der Waals surface area contributed by atoms with Gasteiger partial charge in [-0.25, -0.2) is 4.79 Å². The van der Waals surface area contributed by atoms with E-state index >= 15 is 0 Å². The summed E-state index contributed by atoms with van der Waals surface area (Å²) >= 11 is 0. The molecule has 1 heterocycles. The maximum absolute atomic E-state index is 12.1. The standard InChI is InChI=1S/C12H19NO4/c1-7(8-3-4-8)13(2)11(14)9-5-6-10(17-9)12(15)16/h7-10H,3-6H2,1-2H3,(H,15,16)/t7?,9-,10+/m0/s1. The van der Waals surface area contributed by atoms with Crippen LogP contribution in [0.1, 0.15) is 32.6 Å². The van der Waals surface area contributed by atoms with Gasteiger partial charge in [-0.05, 0) is 38.5 Å². The Morgan fingerprint density at radius 3 is 2.29 bits per heavy atom. The highest BCUT2D eigenvalue weighted by Crippen LogP contribution is 2.35. The lowest BCUT2D eigenvalue weighted by molar-refractivity contribution is -0.155. The van der Waals surface area contributed by atoms with Crippen molar-refractivity contribution >= 4 is 11.9 Å². The lowest BCUT2D eigenvalue weighted by Crippen LogP contribution is -2.43. The maximum Gasteiger partial charge on any atom is 0.332 e. The molecule has 0 aromatic heterocycles. The molecule has 0 aromatic rings. The van der Waals surface area contributed by atoms with Gasteiger partial charge in [0, 0.05) is 13.1 Å². The van der Waals surface area contributed by atoms with E-state index in [1.165, 1.54) is 12.8 Å². The molecule has 1 saturated carbocycles. The average Bonchev–Trinajstić information content (AvgIpc) is 3.03. The number of likely N-dealkylation sites (N-methyl/N-ethyl adjacent to an activating group) is 1. The summed E-state index contributed by atoms with van der Waals surface area (Å²) < 4.78 is 5.27. The predicted octanol–water partition coefficient (Wildman–Crippen LogP) is 0.875. The van der Waals surface area contributed by atoms with Crippen molar-refractivity contribution in [2.45, 2.75) is 50.9 Å². The van der Waals surface area contributed by atoms with Gasteiger partial charge in [-0.2, -0.15) is 0 Å².